The molecule has 0 amide bonds. The monoisotopic (exact) mass is 202 g/mol. The minimum absolute atomic E-state index is 0.264. The smallest absolute Gasteiger partial charge is 0.129 e. The molecule has 2 heteroatoms. The fraction of sp³-hybridized carbons (Fsp3) is 0.800. The zero-order chi connectivity index (χ0) is 9.83. The molecule has 0 aliphatic rings. The van der Waals surface area contributed by atoms with E-state index in [2.05, 4.69) is 45.0 Å². The minimum atomic E-state index is -1.25. The van der Waals surface area contributed by atoms with Gasteiger partial charge in [-0.05, 0) is 12.8 Å². The van der Waals surface area contributed by atoms with Crippen LogP contribution < -0.4 is 0 Å². The molecule has 0 aromatic heterocycles. The largest absolute Gasteiger partial charge is 0.130 e. The fourth-order valence-electron chi connectivity index (χ4n) is 0.726. The summed E-state index contributed by atoms with van der Waals surface area (Å²) in [6.45, 7) is 10.9. The quantitative estimate of drug-likeness (QED) is 0.364. The van der Waals surface area contributed by atoms with Gasteiger partial charge in [-0.2, -0.15) is 0 Å². The Labute approximate surface area is 82.7 Å². The Hall–Kier alpha value is 0.0669. The normalized spacial score (nSPS) is 12.2. The lowest BCUT2D eigenvalue weighted by Crippen LogP contribution is -2.21. The van der Waals surface area contributed by atoms with Crippen LogP contribution in [-0.4, -0.2) is 12.9 Å². The zero-order valence-electron chi connectivity index (χ0n) is 8.79. The van der Waals surface area contributed by atoms with Gasteiger partial charge in [0.15, 0.2) is 0 Å². The van der Waals surface area contributed by atoms with E-state index < -0.39 is 8.07 Å². The molecule has 0 aliphatic carbocycles. The van der Waals surface area contributed by atoms with Crippen LogP contribution in [0.2, 0.25) is 19.6 Å². The maximum atomic E-state index is 6.26. The van der Waals surface area contributed by atoms with Crippen LogP contribution in [0.5, 0.6) is 0 Å². The van der Waals surface area contributed by atoms with E-state index in [0.29, 0.717) is 0 Å². The summed E-state index contributed by atoms with van der Waals surface area (Å²) < 4.78 is 0. The highest BCUT2D eigenvalue weighted by Crippen LogP contribution is 2.22. The first-order valence-electron chi connectivity index (χ1n) is 4.56. The van der Waals surface area contributed by atoms with Crippen LogP contribution in [0.1, 0.15) is 26.7 Å². The third-order valence-electron chi connectivity index (χ3n) is 1.78. The molecule has 0 aromatic carbocycles. The van der Waals surface area contributed by atoms with Crippen LogP contribution in [0.3, 0.4) is 0 Å². The first-order valence-corrected chi connectivity index (χ1v) is 8.44. The van der Waals surface area contributed by atoms with Crippen LogP contribution in [0.15, 0.2) is 0 Å². The van der Waals surface area contributed by atoms with Gasteiger partial charge in [-0.15, -0.1) is 17.1 Å². The van der Waals surface area contributed by atoms with Gasteiger partial charge in [-0.1, -0.05) is 39.4 Å². The number of halogens is 1. The minimum Gasteiger partial charge on any atom is -0.130 e. The topological polar surface area (TPSA) is 0 Å². The van der Waals surface area contributed by atoms with Crippen molar-refractivity contribution in [2.45, 2.75) is 51.2 Å². The Morgan fingerprint density at radius 2 is 1.58 bits per heavy atom. The molecule has 0 radical (unpaired) electrons. The Kier molecular flexibility index (Phi) is 4.37. The summed E-state index contributed by atoms with van der Waals surface area (Å²) in [6.07, 6.45) is 1.87. The van der Waals surface area contributed by atoms with E-state index in [0.717, 1.165) is 12.8 Å². The summed E-state index contributed by atoms with van der Waals surface area (Å²) in [5.41, 5.74) is 3.32. The summed E-state index contributed by atoms with van der Waals surface area (Å²) in [6, 6.07) is 0. The molecule has 0 bridgehead atoms. The van der Waals surface area contributed by atoms with Crippen molar-refractivity contribution in [1.29, 1.82) is 0 Å². The first-order chi connectivity index (χ1) is 5.33. The lowest BCUT2D eigenvalue weighted by atomic mass is 10.0. The van der Waals surface area contributed by atoms with E-state index in [4.69, 9.17) is 11.6 Å². The van der Waals surface area contributed by atoms with Gasteiger partial charge in [-0.3, -0.25) is 0 Å². The molecular weight excluding hydrogens is 184 g/mol. The van der Waals surface area contributed by atoms with Crippen molar-refractivity contribution >= 4 is 19.7 Å². The van der Waals surface area contributed by atoms with Crippen LogP contribution >= 0.6 is 11.6 Å². The van der Waals surface area contributed by atoms with Crippen LogP contribution in [0.25, 0.3) is 0 Å². The van der Waals surface area contributed by atoms with Gasteiger partial charge < -0.3 is 0 Å². The summed E-state index contributed by atoms with van der Waals surface area (Å²) in [5, 5.41) is 0. The van der Waals surface area contributed by atoms with Gasteiger partial charge in [0, 0.05) is 0 Å². The Morgan fingerprint density at radius 3 is 1.83 bits per heavy atom. The van der Waals surface area contributed by atoms with Crippen molar-refractivity contribution in [2.24, 2.45) is 0 Å². The molecule has 0 atom stereocenters. The number of alkyl halides is 1. The van der Waals surface area contributed by atoms with Crippen molar-refractivity contribution in [3.05, 3.63) is 0 Å². The summed E-state index contributed by atoms with van der Waals surface area (Å²) in [7, 11) is -1.25. The summed E-state index contributed by atoms with van der Waals surface area (Å²) in [4.78, 5) is -0.264. The predicted molar refractivity (Wildman–Crippen MR) is 60.3 cm³/mol. The Bertz CT molecular complexity index is 188. The standard InChI is InChI=1S/C10H19ClSi/c1-6-10(11,7-2)8-9-12(3,4)5/h6-7H2,1-5H3. The van der Waals surface area contributed by atoms with Crippen LogP contribution in [0, 0.1) is 11.5 Å². The highest BCUT2D eigenvalue weighted by atomic mass is 35.5. The predicted octanol–water partition coefficient (Wildman–Crippen LogP) is 3.66. The van der Waals surface area contributed by atoms with Gasteiger partial charge in [-0.25, -0.2) is 0 Å². The average Bonchev–Trinajstić information content (AvgIpc) is 1.99. The second kappa shape index (κ2) is 4.34. The molecule has 0 aliphatic heterocycles. The maximum absolute atomic E-state index is 6.26. The van der Waals surface area contributed by atoms with E-state index in [1.807, 2.05) is 0 Å². The van der Waals surface area contributed by atoms with Crippen molar-refractivity contribution in [3.63, 3.8) is 0 Å². The van der Waals surface area contributed by atoms with E-state index in [-0.39, 0.29) is 4.87 Å². The van der Waals surface area contributed by atoms with Gasteiger partial charge in [0.2, 0.25) is 0 Å². The molecule has 0 spiro atoms. The van der Waals surface area contributed by atoms with Crippen LogP contribution in [-0.2, 0) is 0 Å². The molecule has 0 N–H and O–H groups in total. The second-order valence-electron chi connectivity index (χ2n) is 4.17. The molecule has 0 rings (SSSR count). The lowest BCUT2D eigenvalue weighted by Gasteiger charge is -2.17. The third-order valence-corrected chi connectivity index (χ3v) is 3.29. The van der Waals surface area contributed by atoms with Gasteiger partial charge >= 0.3 is 0 Å². The van der Waals surface area contributed by atoms with E-state index in [9.17, 15) is 0 Å². The zero-order valence-corrected chi connectivity index (χ0v) is 10.5. The van der Waals surface area contributed by atoms with Gasteiger partial charge in [0.05, 0.1) is 0 Å². The highest BCUT2D eigenvalue weighted by Gasteiger charge is 2.20. The number of hydrogen-bond acceptors (Lipinski definition) is 0. The first kappa shape index (κ1) is 12.1. The molecule has 0 fully saturated rings. The van der Waals surface area contributed by atoms with Crippen molar-refractivity contribution in [2.75, 3.05) is 0 Å². The van der Waals surface area contributed by atoms with E-state index >= 15 is 0 Å². The summed E-state index contributed by atoms with van der Waals surface area (Å²) in [5.74, 6) is 3.21. The SMILES string of the molecule is CCC(Cl)(C#C[Si](C)(C)C)CC. The van der Waals surface area contributed by atoms with Crippen molar-refractivity contribution in [1.82, 2.24) is 0 Å². The molecule has 0 heterocycles. The summed E-state index contributed by atoms with van der Waals surface area (Å²) >= 11 is 6.26. The second-order valence-corrected chi connectivity index (χ2v) is 9.65. The fourth-order valence-corrected chi connectivity index (χ4v) is 1.47. The number of rotatable bonds is 2. The van der Waals surface area contributed by atoms with E-state index in [1.54, 1.807) is 0 Å². The maximum Gasteiger partial charge on any atom is 0.129 e. The molecule has 0 nitrogen and oxygen atoms in total. The molecule has 0 unspecified atom stereocenters. The van der Waals surface area contributed by atoms with E-state index in [1.165, 1.54) is 0 Å². The molecule has 0 saturated carbocycles. The Morgan fingerprint density at radius 1 is 1.17 bits per heavy atom. The molecule has 0 saturated heterocycles. The molecular formula is C10H19ClSi. The highest BCUT2D eigenvalue weighted by molar-refractivity contribution is 6.83. The van der Waals surface area contributed by atoms with Crippen LogP contribution in [0.4, 0.5) is 0 Å². The Balaban J connectivity index is 4.46. The van der Waals surface area contributed by atoms with Gasteiger partial charge in [0.25, 0.3) is 0 Å². The average molecular weight is 203 g/mol. The third kappa shape index (κ3) is 4.85. The lowest BCUT2D eigenvalue weighted by molar-refractivity contribution is 0.668. The molecule has 70 valence electrons. The van der Waals surface area contributed by atoms with Crippen molar-refractivity contribution < 1.29 is 0 Å². The van der Waals surface area contributed by atoms with Crippen molar-refractivity contribution in [3.8, 4) is 11.5 Å². The number of hydrogen-bond donors (Lipinski definition) is 0. The van der Waals surface area contributed by atoms with Gasteiger partial charge in [0.1, 0.15) is 12.9 Å². The molecule has 12 heavy (non-hydrogen) atoms. The molecule has 0 aromatic rings.